The Kier molecular flexibility index (Phi) is 8.36. The van der Waals surface area contributed by atoms with Crippen molar-refractivity contribution in [2.45, 2.75) is 24.7 Å². The lowest BCUT2D eigenvalue weighted by Crippen LogP contribution is -2.41. The number of hydrogen-bond acceptors (Lipinski definition) is 4. The molecular formula is C25H27ClN2O4S. The van der Waals surface area contributed by atoms with E-state index < -0.39 is 10.0 Å². The normalized spacial score (nSPS) is 11.1. The molecule has 0 saturated carbocycles. The molecule has 0 heterocycles. The van der Waals surface area contributed by atoms with Crippen LogP contribution in [0.25, 0.3) is 0 Å². The molecule has 6 nitrogen and oxygen atoms in total. The largest absolute Gasteiger partial charge is 0.497 e. The SMILES string of the molecule is COc1ccc(CCCNC(=O)CN(c2cccc(Cl)c2C)S(=O)(=O)c2ccccc2)cc1. The molecule has 0 aromatic heterocycles. The zero-order chi connectivity index (χ0) is 23.8. The summed E-state index contributed by atoms with van der Waals surface area (Å²) < 4.78 is 33.1. The smallest absolute Gasteiger partial charge is 0.264 e. The summed E-state index contributed by atoms with van der Waals surface area (Å²) >= 11 is 6.24. The first kappa shape index (κ1) is 24.6. The lowest BCUT2D eigenvalue weighted by Gasteiger charge is -2.26. The average molecular weight is 487 g/mol. The summed E-state index contributed by atoms with van der Waals surface area (Å²) in [6, 6.07) is 20.8. The van der Waals surface area contributed by atoms with Gasteiger partial charge in [0, 0.05) is 11.6 Å². The third kappa shape index (κ3) is 6.27. The highest BCUT2D eigenvalue weighted by Gasteiger charge is 2.28. The van der Waals surface area contributed by atoms with E-state index in [1.165, 1.54) is 12.1 Å². The predicted octanol–water partition coefficient (Wildman–Crippen LogP) is 4.60. The molecule has 3 aromatic carbocycles. The molecular weight excluding hydrogens is 460 g/mol. The minimum atomic E-state index is -3.97. The number of nitrogens with one attached hydrogen (secondary N) is 1. The van der Waals surface area contributed by atoms with Crippen molar-refractivity contribution in [2.75, 3.05) is 24.5 Å². The molecule has 0 radical (unpaired) electrons. The number of nitrogens with zero attached hydrogens (tertiary/aromatic N) is 1. The molecule has 0 spiro atoms. The van der Waals surface area contributed by atoms with Crippen LogP contribution in [0.4, 0.5) is 5.69 Å². The fourth-order valence-electron chi connectivity index (χ4n) is 3.38. The molecule has 3 rings (SSSR count). The van der Waals surface area contributed by atoms with E-state index in [1.54, 1.807) is 50.4 Å². The van der Waals surface area contributed by atoms with E-state index in [0.717, 1.165) is 28.5 Å². The van der Waals surface area contributed by atoms with Crippen molar-refractivity contribution in [2.24, 2.45) is 0 Å². The monoisotopic (exact) mass is 486 g/mol. The third-order valence-electron chi connectivity index (χ3n) is 5.25. The summed E-state index contributed by atoms with van der Waals surface area (Å²) in [5.74, 6) is 0.409. The number of carbonyl (C=O) groups excluding carboxylic acids is 1. The standard InChI is InChI=1S/C25H27ClN2O4S/c1-19-23(26)11-6-12-24(19)28(33(30,31)22-9-4-3-5-10-22)18-25(29)27-17-7-8-20-13-15-21(32-2)16-14-20/h3-6,9-16H,7-8,17-18H2,1-2H3,(H,27,29). The van der Waals surface area contributed by atoms with Gasteiger partial charge < -0.3 is 10.1 Å². The van der Waals surface area contributed by atoms with Crippen molar-refractivity contribution < 1.29 is 17.9 Å². The van der Waals surface area contributed by atoms with Gasteiger partial charge in [0.15, 0.2) is 0 Å². The van der Waals surface area contributed by atoms with E-state index in [9.17, 15) is 13.2 Å². The van der Waals surface area contributed by atoms with Crippen LogP contribution in [-0.2, 0) is 21.2 Å². The van der Waals surface area contributed by atoms with E-state index in [4.69, 9.17) is 16.3 Å². The maximum absolute atomic E-state index is 13.4. The van der Waals surface area contributed by atoms with Crippen molar-refractivity contribution in [3.05, 3.63) is 88.9 Å². The zero-order valence-electron chi connectivity index (χ0n) is 18.6. The molecule has 1 amide bonds. The molecule has 8 heteroatoms. The minimum absolute atomic E-state index is 0.108. The van der Waals surface area contributed by atoms with Crippen LogP contribution in [0.5, 0.6) is 5.75 Å². The summed E-state index contributed by atoms with van der Waals surface area (Å²) in [6.07, 6.45) is 1.50. The Labute approximate surface area is 200 Å². The summed E-state index contributed by atoms with van der Waals surface area (Å²) in [5.41, 5.74) is 2.10. The van der Waals surface area contributed by atoms with E-state index in [1.807, 2.05) is 24.3 Å². The molecule has 0 saturated heterocycles. The average Bonchev–Trinajstić information content (AvgIpc) is 2.83. The van der Waals surface area contributed by atoms with Gasteiger partial charge in [0.05, 0.1) is 17.7 Å². The molecule has 174 valence electrons. The second-order valence-corrected chi connectivity index (χ2v) is 9.78. The summed E-state index contributed by atoms with van der Waals surface area (Å²) in [4.78, 5) is 12.8. The van der Waals surface area contributed by atoms with E-state index in [0.29, 0.717) is 22.8 Å². The number of amides is 1. The van der Waals surface area contributed by atoms with Crippen LogP contribution < -0.4 is 14.4 Å². The number of halogens is 1. The Hall–Kier alpha value is -3.03. The van der Waals surface area contributed by atoms with Crippen LogP contribution in [0.15, 0.2) is 77.7 Å². The molecule has 0 bridgehead atoms. The maximum atomic E-state index is 13.4. The van der Waals surface area contributed by atoms with Gasteiger partial charge in [-0.3, -0.25) is 9.10 Å². The highest BCUT2D eigenvalue weighted by Crippen LogP contribution is 2.30. The van der Waals surface area contributed by atoms with Crippen LogP contribution in [-0.4, -0.2) is 34.5 Å². The van der Waals surface area contributed by atoms with Crippen molar-refractivity contribution >= 4 is 33.2 Å². The highest BCUT2D eigenvalue weighted by atomic mass is 35.5. The number of carbonyl (C=O) groups is 1. The van der Waals surface area contributed by atoms with Crippen LogP contribution >= 0.6 is 11.6 Å². The fourth-order valence-corrected chi connectivity index (χ4v) is 5.05. The molecule has 3 aromatic rings. The van der Waals surface area contributed by atoms with Gasteiger partial charge in [-0.25, -0.2) is 8.42 Å². The Morgan fingerprint density at radius 1 is 1.00 bits per heavy atom. The topological polar surface area (TPSA) is 75.7 Å². The number of anilines is 1. The number of benzene rings is 3. The van der Waals surface area contributed by atoms with Crippen molar-refractivity contribution in [1.82, 2.24) is 5.32 Å². The summed E-state index contributed by atoms with van der Waals surface area (Å²) in [5, 5.41) is 3.26. The second-order valence-electron chi connectivity index (χ2n) is 7.51. The number of ether oxygens (including phenoxy) is 1. The van der Waals surface area contributed by atoms with Gasteiger partial charge in [0.25, 0.3) is 10.0 Å². The van der Waals surface area contributed by atoms with Gasteiger partial charge in [-0.1, -0.05) is 48.0 Å². The first-order valence-corrected chi connectivity index (χ1v) is 12.4. The quantitative estimate of drug-likeness (QED) is 0.425. The van der Waals surface area contributed by atoms with E-state index in [-0.39, 0.29) is 17.3 Å². The van der Waals surface area contributed by atoms with Gasteiger partial charge in [-0.05, 0) is 67.3 Å². The molecule has 0 unspecified atom stereocenters. The van der Waals surface area contributed by atoms with Gasteiger partial charge in [-0.2, -0.15) is 0 Å². The predicted molar refractivity (Wildman–Crippen MR) is 131 cm³/mol. The lowest BCUT2D eigenvalue weighted by atomic mass is 10.1. The number of hydrogen-bond donors (Lipinski definition) is 1. The van der Waals surface area contributed by atoms with Crippen molar-refractivity contribution in [1.29, 1.82) is 0 Å². The van der Waals surface area contributed by atoms with Crippen LogP contribution in [0.1, 0.15) is 17.5 Å². The van der Waals surface area contributed by atoms with E-state index >= 15 is 0 Å². The van der Waals surface area contributed by atoms with Crippen LogP contribution in [0.3, 0.4) is 0 Å². The van der Waals surface area contributed by atoms with Gasteiger partial charge in [0.2, 0.25) is 5.91 Å². The van der Waals surface area contributed by atoms with Crippen molar-refractivity contribution in [3.8, 4) is 5.75 Å². The molecule has 0 fully saturated rings. The molecule has 0 aliphatic heterocycles. The zero-order valence-corrected chi connectivity index (χ0v) is 20.2. The Morgan fingerprint density at radius 2 is 1.70 bits per heavy atom. The summed E-state index contributed by atoms with van der Waals surface area (Å²) in [6.45, 7) is 1.82. The van der Waals surface area contributed by atoms with Gasteiger partial charge >= 0.3 is 0 Å². The Morgan fingerprint density at radius 3 is 2.36 bits per heavy atom. The first-order chi connectivity index (χ1) is 15.8. The number of aryl methyl sites for hydroxylation is 1. The molecule has 0 atom stereocenters. The van der Waals surface area contributed by atoms with Gasteiger partial charge in [0.1, 0.15) is 12.3 Å². The van der Waals surface area contributed by atoms with Crippen LogP contribution in [0, 0.1) is 6.92 Å². The number of sulfonamides is 1. The molecule has 1 N–H and O–H groups in total. The van der Waals surface area contributed by atoms with Gasteiger partial charge in [-0.15, -0.1) is 0 Å². The Bertz CT molecular complexity index is 1180. The fraction of sp³-hybridized carbons (Fsp3) is 0.240. The minimum Gasteiger partial charge on any atom is -0.497 e. The number of methoxy groups -OCH3 is 1. The molecule has 0 aliphatic carbocycles. The maximum Gasteiger partial charge on any atom is 0.264 e. The first-order valence-electron chi connectivity index (χ1n) is 10.6. The van der Waals surface area contributed by atoms with Crippen LogP contribution in [0.2, 0.25) is 5.02 Å². The third-order valence-corrected chi connectivity index (χ3v) is 7.43. The number of rotatable bonds is 10. The molecule has 0 aliphatic rings. The highest BCUT2D eigenvalue weighted by molar-refractivity contribution is 7.92. The van der Waals surface area contributed by atoms with E-state index in [2.05, 4.69) is 5.32 Å². The second kappa shape index (κ2) is 11.2. The van der Waals surface area contributed by atoms with Crippen molar-refractivity contribution in [3.63, 3.8) is 0 Å². The lowest BCUT2D eigenvalue weighted by molar-refractivity contribution is -0.119. The molecule has 33 heavy (non-hydrogen) atoms. The Balaban J connectivity index is 1.70. The summed E-state index contributed by atoms with van der Waals surface area (Å²) in [7, 11) is -2.34.